The molecule has 1 aromatic carbocycles. The van der Waals surface area contributed by atoms with Gasteiger partial charge in [0.15, 0.2) is 5.16 Å². The number of rotatable bonds is 6. The molecule has 3 rings (SSSR count). The summed E-state index contributed by atoms with van der Waals surface area (Å²) < 4.78 is 7.70. The first kappa shape index (κ1) is 18.7. The van der Waals surface area contributed by atoms with E-state index in [0.717, 1.165) is 11.3 Å². The number of hydrogen-bond acceptors (Lipinski definition) is 6. The SMILES string of the molecule is CSc1nc(-c2ccc(OC(C)C)c(Cn3cccn3)c2)c(C#N)c(=O)[nH]1. The molecule has 0 bridgehead atoms. The Kier molecular flexibility index (Phi) is 5.62. The number of nitrogens with zero attached hydrogens (tertiary/aromatic N) is 4. The van der Waals surface area contributed by atoms with Crippen LogP contribution in [-0.4, -0.2) is 32.1 Å². The number of nitriles is 1. The van der Waals surface area contributed by atoms with Crippen LogP contribution in [0, 0.1) is 11.3 Å². The molecule has 3 aromatic rings. The van der Waals surface area contributed by atoms with E-state index in [-0.39, 0.29) is 11.7 Å². The second-order valence-corrected chi connectivity index (χ2v) is 6.90. The summed E-state index contributed by atoms with van der Waals surface area (Å²) in [4.78, 5) is 19.3. The summed E-state index contributed by atoms with van der Waals surface area (Å²) in [6.07, 6.45) is 5.41. The molecule has 2 heterocycles. The van der Waals surface area contributed by atoms with Crippen molar-refractivity contribution in [3.05, 3.63) is 58.1 Å². The van der Waals surface area contributed by atoms with Crippen molar-refractivity contribution >= 4 is 11.8 Å². The van der Waals surface area contributed by atoms with Crippen molar-refractivity contribution in [2.45, 2.75) is 31.7 Å². The van der Waals surface area contributed by atoms with Crippen molar-refractivity contribution in [2.24, 2.45) is 0 Å². The molecule has 0 atom stereocenters. The predicted molar refractivity (Wildman–Crippen MR) is 104 cm³/mol. The van der Waals surface area contributed by atoms with E-state index in [1.165, 1.54) is 11.8 Å². The fourth-order valence-corrected chi connectivity index (χ4v) is 3.03. The fraction of sp³-hybridized carbons (Fsp3) is 0.263. The summed E-state index contributed by atoms with van der Waals surface area (Å²) in [5.41, 5.74) is 1.49. The van der Waals surface area contributed by atoms with Gasteiger partial charge in [-0.1, -0.05) is 11.8 Å². The zero-order valence-electron chi connectivity index (χ0n) is 15.3. The molecule has 2 aromatic heterocycles. The quantitative estimate of drug-likeness (QED) is 0.521. The Labute approximate surface area is 161 Å². The van der Waals surface area contributed by atoms with E-state index in [0.29, 0.717) is 23.0 Å². The van der Waals surface area contributed by atoms with Crippen molar-refractivity contribution in [3.8, 4) is 23.1 Å². The lowest BCUT2D eigenvalue weighted by Gasteiger charge is -2.16. The first-order valence-corrected chi connectivity index (χ1v) is 9.60. The van der Waals surface area contributed by atoms with E-state index in [1.807, 2.05) is 56.6 Å². The smallest absolute Gasteiger partial charge is 0.270 e. The lowest BCUT2D eigenvalue weighted by atomic mass is 10.0. The molecule has 0 aliphatic carbocycles. The van der Waals surface area contributed by atoms with E-state index >= 15 is 0 Å². The number of benzene rings is 1. The van der Waals surface area contributed by atoms with Crippen LogP contribution in [0.4, 0.5) is 0 Å². The molecule has 0 spiro atoms. The Hall–Kier alpha value is -3.05. The fourth-order valence-electron chi connectivity index (χ4n) is 2.65. The zero-order valence-corrected chi connectivity index (χ0v) is 16.1. The number of nitrogens with one attached hydrogen (secondary N) is 1. The van der Waals surface area contributed by atoms with Crippen LogP contribution in [0.25, 0.3) is 11.3 Å². The minimum Gasteiger partial charge on any atom is -0.491 e. The standard InChI is InChI=1S/C19H19N5O2S/c1-12(2)26-16-6-5-13(9-14(16)11-24-8-4-7-21-24)17-15(10-20)18(25)23-19(22-17)27-3/h4-9,12H,11H2,1-3H3,(H,22,23,25). The highest BCUT2D eigenvalue weighted by molar-refractivity contribution is 7.98. The third-order valence-corrected chi connectivity index (χ3v) is 4.37. The Morgan fingerprint density at radius 2 is 2.22 bits per heavy atom. The van der Waals surface area contributed by atoms with Gasteiger partial charge in [0, 0.05) is 23.5 Å². The van der Waals surface area contributed by atoms with Gasteiger partial charge in [-0.3, -0.25) is 9.48 Å². The second kappa shape index (κ2) is 8.10. The van der Waals surface area contributed by atoms with Crippen LogP contribution in [0.1, 0.15) is 25.0 Å². The van der Waals surface area contributed by atoms with Gasteiger partial charge in [-0.05, 0) is 44.4 Å². The first-order chi connectivity index (χ1) is 13.0. The molecule has 0 fully saturated rings. The number of thioether (sulfide) groups is 1. The van der Waals surface area contributed by atoms with Crippen LogP contribution in [0.15, 0.2) is 46.6 Å². The first-order valence-electron chi connectivity index (χ1n) is 8.37. The summed E-state index contributed by atoms with van der Waals surface area (Å²) in [5.74, 6) is 0.734. The Morgan fingerprint density at radius 3 is 2.85 bits per heavy atom. The molecule has 0 radical (unpaired) electrons. The number of ether oxygens (including phenoxy) is 1. The van der Waals surface area contributed by atoms with E-state index in [4.69, 9.17) is 4.74 Å². The van der Waals surface area contributed by atoms with Crippen LogP contribution in [0.5, 0.6) is 5.75 Å². The minimum atomic E-state index is -0.442. The van der Waals surface area contributed by atoms with E-state index in [9.17, 15) is 10.1 Å². The molecular formula is C19H19N5O2S. The molecule has 0 saturated heterocycles. The maximum Gasteiger partial charge on any atom is 0.270 e. The van der Waals surface area contributed by atoms with Gasteiger partial charge in [0.05, 0.1) is 18.3 Å². The lowest BCUT2D eigenvalue weighted by molar-refractivity contribution is 0.239. The van der Waals surface area contributed by atoms with Crippen LogP contribution in [0.2, 0.25) is 0 Å². The summed E-state index contributed by atoms with van der Waals surface area (Å²) in [7, 11) is 0. The molecule has 7 nitrogen and oxygen atoms in total. The third kappa shape index (κ3) is 4.20. The normalized spacial score (nSPS) is 10.8. The van der Waals surface area contributed by atoms with Gasteiger partial charge >= 0.3 is 0 Å². The van der Waals surface area contributed by atoms with Crippen LogP contribution in [0.3, 0.4) is 0 Å². The maximum absolute atomic E-state index is 12.2. The topological polar surface area (TPSA) is 96.6 Å². The number of aromatic nitrogens is 4. The second-order valence-electron chi connectivity index (χ2n) is 6.10. The van der Waals surface area contributed by atoms with Crippen molar-refractivity contribution < 1.29 is 4.74 Å². The maximum atomic E-state index is 12.2. The van der Waals surface area contributed by atoms with Crippen LogP contribution >= 0.6 is 11.8 Å². The number of H-pyrrole nitrogens is 1. The van der Waals surface area contributed by atoms with Gasteiger partial charge in [-0.15, -0.1) is 0 Å². The molecule has 0 saturated carbocycles. The van der Waals surface area contributed by atoms with Gasteiger partial charge in [0.1, 0.15) is 17.4 Å². The lowest BCUT2D eigenvalue weighted by Crippen LogP contribution is -2.15. The van der Waals surface area contributed by atoms with Gasteiger partial charge in [0.2, 0.25) is 0 Å². The van der Waals surface area contributed by atoms with Crippen LogP contribution in [-0.2, 0) is 6.54 Å². The average Bonchev–Trinajstić information content (AvgIpc) is 3.15. The number of aromatic amines is 1. The molecule has 0 amide bonds. The highest BCUT2D eigenvalue weighted by atomic mass is 32.2. The summed E-state index contributed by atoms with van der Waals surface area (Å²) in [5, 5.41) is 14.1. The van der Waals surface area contributed by atoms with Crippen molar-refractivity contribution in [1.29, 1.82) is 5.26 Å². The number of hydrogen-bond donors (Lipinski definition) is 1. The minimum absolute atomic E-state index is 0.00429. The Bertz CT molecular complexity index is 1040. The van der Waals surface area contributed by atoms with E-state index in [2.05, 4.69) is 15.1 Å². The molecule has 27 heavy (non-hydrogen) atoms. The van der Waals surface area contributed by atoms with Gasteiger partial charge < -0.3 is 9.72 Å². The highest BCUT2D eigenvalue weighted by Crippen LogP contribution is 2.29. The van der Waals surface area contributed by atoms with Crippen molar-refractivity contribution in [2.75, 3.05) is 6.26 Å². The average molecular weight is 381 g/mol. The molecule has 1 N–H and O–H groups in total. The summed E-state index contributed by atoms with van der Waals surface area (Å²) in [6.45, 7) is 4.42. The molecular weight excluding hydrogens is 362 g/mol. The monoisotopic (exact) mass is 381 g/mol. The predicted octanol–water partition coefficient (Wildman–Crippen LogP) is 3.06. The summed E-state index contributed by atoms with van der Waals surface area (Å²) >= 11 is 1.32. The van der Waals surface area contributed by atoms with Gasteiger partial charge in [-0.2, -0.15) is 10.4 Å². The largest absolute Gasteiger partial charge is 0.491 e. The zero-order chi connectivity index (χ0) is 19.4. The Balaban J connectivity index is 2.13. The highest BCUT2D eigenvalue weighted by Gasteiger charge is 2.16. The molecule has 0 aliphatic heterocycles. The Morgan fingerprint density at radius 1 is 1.41 bits per heavy atom. The van der Waals surface area contributed by atoms with Crippen molar-refractivity contribution in [3.63, 3.8) is 0 Å². The molecule has 0 aliphatic rings. The van der Waals surface area contributed by atoms with Crippen molar-refractivity contribution in [1.82, 2.24) is 19.7 Å². The molecule has 138 valence electrons. The van der Waals surface area contributed by atoms with Gasteiger partial charge in [0.25, 0.3) is 5.56 Å². The molecule has 8 heteroatoms. The molecule has 0 unspecified atom stereocenters. The van der Waals surface area contributed by atoms with Gasteiger partial charge in [-0.25, -0.2) is 4.98 Å². The van der Waals surface area contributed by atoms with E-state index < -0.39 is 5.56 Å². The summed E-state index contributed by atoms with van der Waals surface area (Å²) in [6, 6.07) is 9.37. The van der Waals surface area contributed by atoms with E-state index in [1.54, 1.807) is 10.9 Å². The van der Waals surface area contributed by atoms with Crippen LogP contribution < -0.4 is 10.3 Å². The third-order valence-electron chi connectivity index (χ3n) is 3.79.